The van der Waals surface area contributed by atoms with Gasteiger partial charge in [-0.3, -0.25) is 4.79 Å². The molecule has 0 aromatic heterocycles. The van der Waals surface area contributed by atoms with Crippen LogP contribution in [0.5, 0.6) is 5.75 Å². The van der Waals surface area contributed by atoms with E-state index < -0.39 is 0 Å². The number of hydrogen-bond donors (Lipinski definition) is 0. The van der Waals surface area contributed by atoms with Crippen molar-refractivity contribution in [3.05, 3.63) is 42.5 Å². The summed E-state index contributed by atoms with van der Waals surface area (Å²) in [6.45, 7) is 4.12. The molecule has 4 nitrogen and oxygen atoms in total. The van der Waals surface area contributed by atoms with Crippen LogP contribution in [0.1, 0.15) is 18.4 Å². The van der Waals surface area contributed by atoms with Gasteiger partial charge in [0.15, 0.2) is 0 Å². The molecule has 2 rings (SSSR count). The standard InChI is InChI=1S/C15H18O4/c1-3-12-8-14(9-15(16)19-12)18-10-11-4-6-13(17-2)7-5-11/h3-7,12,14H,1,8-10H2,2H3/t12-,14+/m0/s1. The molecule has 0 saturated carbocycles. The molecule has 1 aromatic rings. The third-order valence-corrected chi connectivity index (χ3v) is 3.08. The molecule has 0 N–H and O–H groups in total. The Morgan fingerprint density at radius 1 is 1.42 bits per heavy atom. The van der Waals surface area contributed by atoms with Crippen molar-refractivity contribution in [3.63, 3.8) is 0 Å². The van der Waals surface area contributed by atoms with Gasteiger partial charge in [-0.15, -0.1) is 0 Å². The molecular weight excluding hydrogens is 244 g/mol. The molecule has 2 atom stereocenters. The number of carbonyl (C=O) groups excluding carboxylic acids is 1. The molecule has 4 heteroatoms. The van der Waals surface area contributed by atoms with Gasteiger partial charge in [-0.25, -0.2) is 0 Å². The van der Waals surface area contributed by atoms with Crippen LogP contribution in [0.15, 0.2) is 36.9 Å². The average molecular weight is 262 g/mol. The molecule has 1 heterocycles. The summed E-state index contributed by atoms with van der Waals surface area (Å²) in [5, 5.41) is 0. The Balaban J connectivity index is 1.86. The van der Waals surface area contributed by atoms with Crippen LogP contribution in [0.25, 0.3) is 0 Å². The van der Waals surface area contributed by atoms with Crippen molar-refractivity contribution in [2.45, 2.75) is 31.7 Å². The topological polar surface area (TPSA) is 44.8 Å². The minimum absolute atomic E-state index is 0.105. The summed E-state index contributed by atoms with van der Waals surface area (Å²) in [5.74, 6) is 0.590. The van der Waals surface area contributed by atoms with Gasteiger partial charge in [0.05, 0.1) is 26.2 Å². The first-order chi connectivity index (χ1) is 9.21. The van der Waals surface area contributed by atoms with Crippen LogP contribution in [-0.2, 0) is 20.9 Å². The minimum atomic E-state index is -0.234. The van der Waals surface area contributed by atoms with Gasteiger partial charge in [0.1, 0.15) is 11.9 Å². The molecule has 19 heavy (non-hydrogen) atoms. The Morgan fingerprint density at radius 3 is 2.79 bits per heavy atom. The van der Waals surface area contributed by atoms with E-state index in [1.165, 1.54) is 0 Å². The van der Waals surface area contributed by atoms with E-state index in [1.54, 1.807) is 13.2 Å². The van der Waals surface area contributed by atoms with E-state index in [2.05, 4.69) is 6.58 Å². The third kappa shape index (κ3) is 3.83. The molecule has 1 aliphatic rings. The summed E-state index contributed by atoms with van der Waals surface area (Å²) in [6.07, 6.45) is 2.28. The fourth-order valence-electron chi connectivity index (χ4n) is 2.00. The molecule has 1 aliphatic heterocycles. The molecule has 1 aromatic carbocycles. The summed E-state index contributed by atoms with van der Waals surface area (Å²) >= 11 is 0. The number of hydrogen-bond acceptors (Lipinski definition) is 4. The second-order valence-corrected chi connectivity index (χ2v) is 4.48. The lowest BCUT2D eigenvalue weighted by Crippen LogP contribution is -2.33. The van der Waals surface area contributed by atoms with Gasteiger partial charge in [-0.05, 0) is 17.7 Å². The number of benzene rings is 1. The van der Waals surface area contributed by atoms with Crippen molar-refractivity contribution in [3.8, 4) is 5.75 Å². The number of cyclic esters (lactones) is 1. The molecule has 1 fully saturated rings. The van der Waals surface area contributed by atoms with Crippen LogP contribution >= 0.6 is 0 Å². The van der Waals surface area contributed by atoms with E-state index in [4.69, 9.17) is 14.2 Å². The van der Waals surface area contributed by atoms with Crippen molar-refractivity contribution >= 4 is 5.97 Å². The monoisotopic (exact) mass is 262 g/mol. The minimum Gasteiger partial charge on any atom is -0.497 e. The smallest absolute Gasteiger partial charge is 0.309 e. The first-order valence-corrected chi connectivity index (χ1v) is 6.28. The van der Waals surface area contributed by atoms with Gasteiger partial charge in [0, 0.05) is 6.42 Å². The molecule has 0 aliphatic carbocycles. The molecule has 1 saturated heterocycles. The first kappa shape index (κ1) is 13.6. The highest BCUT2D eigenvalue weighted by atomic mass is 16.6. The summed E-state index contributed by atoms with van der Waals surface area (Å²) in [4.78, 5) is 11.4. The van der Waals surface area contributed by atoms with E-state index in [0.29, 0.717) is 19.4 Å². The zero-order valence-electron chi connectivity index (χ0n) is 11.0. The summed E-state index contributed by atoms with van der Waals surface area (Å²) in [6, 6.07) is 7.68. The first-order valence-electron chi connectivity index (χ1n) is 6.28. The maximum atomic E-state index is 11.4. The van der Waals surface area contributed by atoms with Crippen LogP contribution < -0.4 is 4.74 Å². The SMILES string of the molecule is C=C[C@H]1C[C@@H](OCc2ccc(OC)cc2)CC(=O)O1. The van der Waals surface area contributed by atoms with Crippen molar-refractivity contribution in [2.24, 2.45) is 0 Å². The number of esters is 1. The van der Waals surface area contributed by atoms with Crippen LogP contribution in [-0.4, -0.2) is 25.3 Å². The van der Waals surface area contributed by atoms with Crippen LogP contribution in [0.3, 0.4) is 0 Å². The highest BCUT2D eigenvalue weighted by molar-refractivity contribution is 5.71. The zero-order chi connectivity index (χ0) is 13.7. The number of ether oxygens (including phenoxy) is 3. The Morgan fingerprint density at radius 2 is 2.16 bits per heavy atom. The second-order valence-electron chi connectivity index (χ2n) is 4.48. The van der Waals surface area contributed by atoms with E-state index in [0.717, 1.165) is 11.3 Å². The van der Waals surface area contributed by atoms with Crippen molar-refractivity contribution in [1.29, 1.82) is 0 Å². The van der Waals surface area contributed by atoms with Crippen molar-refractivity contribution < 1.29 is 19.0 Å². The summed E-state index contributed by atoms with van der Waals surface area (Å²) < 4.78 is 15.9. The largest absolute Gasteiger partial charge is 0.497 e. The Hall–Kier alpha value is -1.81. The summed E-state index contributed by atoms with van der Waals surface area (Å²) in [7, 11) is 1.63. The fraction of sp³-hybridized carbons (Fsp3) is 0.400. The molecule has 0 spiro atoms. The normalized spacial score (nSPS) is 22.7. The Kier molecular flexibility index (Phi) is 4.58. The van der Waals surface area contributed by atoms with Gasteiger partial charge in [-0.1, -0.05) is 24.8 Å². The van der Waals surface area contributed by atoms with Gasteiger partial charge in [0.2, 0.25) is 0 Å². The van der Waals surface area contributed by atoms with E-state index >= 15 is 0 Å². The third-order valence-electron chi connectivity index (χ3n) is 3.08. The van der Waals surface area contributed by atoms with Gasteiger partial charge in [-0.2, -0.15) is 0 Å². The van der Waals surface area contributed by atoms with E-state index in [1.807, 2.05) is 24.3 Å². The quantitative estimate of drug-likeness (QED) is 0.604. The maximum absolute atomic E-state index is 11.4. The van der Waals surface area contributed by atoms with Gasteiger partial charge < -0.3 is 14.2 Å². The lowest BCUT2D eigenvalue weighted by molar-refractivity contribution is -0.159. The molecule has 0 bridgehead atoms. The second kappa shape index (κ2) is 6.38. The highest BCUT2D eigenvalue weighted by Crippen LogP contribution is 2.20. The molecule has 0 amide bonds. The predicted molar refractivity (Wildman–Crippen MR) is 70.9 cm³/mol. The Labute approximate surface area is 113 Å². The fourth-order valence-corrected chi connectivity index (χ4v) is 2.00. The lowest BCUT2D eigenvalue weighted by atomic mass is 10.1. The molecule has 102 valence electrons. The number of carbonyl (C=O) groups is 1. The van der Waals surface area contributed by atoms with Crippen molar-refractivity contribution in [2.75, 3.05) is 7.11 Å². The summed E-state index contributed by atoms with van der Waals surface area (Å²) in [5.41, 5.74) is 1.05. The van der Waals surface area contributed by atoms with Gasteiger partial charge >= 0.3 is 5.97 Å². The van der Waals surface area contributed by atoms with Crippen LogP contribution in [0, 0.1) is 0 Å². The van der Waals surface area contributed by atoms with E-state index in [9.17, 15) is 4.79 Å². The zero-order valence-corrected chi connectivity index (χ0v) is 11.0. The molecule has 0 unspecified atom stereocenters. The number of methoxy groups -OCH3 is 1. The average Bonchev–Trinajstić information content (AvgIpc) is 2.45. The van der Waals surface area contributed by atoms with Crippen molar-refractivity contribution in [1.82, 2.24) is 0 Å². The molecular formula is C15H18O4. The maximum Gasteiger partial charge on any atom is 0.309 e. The van der Waals surface area contributed by atoms with Crippen LogP contribution in [0.2, 0.25) is 0 Å². The van der Waals surface area contributed by atoms with E-state index in [-0.39, 0.29) is 18.2 Å². The van der Waals surface area contributed by atoms with Crippen LogP contribution in [0.4, 0.5) is 0 Å². The lowest BCUT2D eigenvalue weighted by Gasteiger charge is -2.27. The van der Waals surface area contributed by atoms with Gasteiger partial charge in [0.25, 0.3) is 0 Å². The molecule has 0 radical (unpaired) electrons. The number of rotatable bonds is 5. The highest BCUT2D eigenvalue weighted by Gasteiger charge is 2.27. The Bertz CT molecular complexity index is 438. The predicted octanol–water partition coefficient (Wildman–Crippen LogP) is 2.47.